The summed E-state index contributed by atoms with van der Waals surface area (Å²) >= 11 is 2.02. The average molecular weight is 216 g/mol. The molecule has 0 radical (unpaired) electrons. The molecule has 0 aromatic heterocycles. The number of thioether (sulfide) groups is 1. The first-order valence-corrected chi connectivity index (χ1v) is 7.00. The predicted molar refractivity (Wildman–Crippen MR) is 66.1 cm³/mol. The average Bonchev–Trinajstić information content (AvgIpc) is 2.25. The molecule has 1 aliphatic rings. The smallest absolute Gasteiger partial charge is 0.0130 e. The Balaban J connectivity index is 2.00. The van der Waals surface area contributed by atoms with Crippen LogP contribution in [0.3, 0.4) is 0 Å². The van der Waals surface area contributed by atoms with Crippen molar-refractivity contribution < 1.29 is 0 Å². The Bertz CT molecular complexity index is 135. The summed E-state index contributed by atoms with van der Waals surface area (Å²) in [6.45, 7) is 8.14. The minimum atomic E-state index is 0.668. The molecule has 2 unspecified atom stereocenters. The fourth-order valence-electron chi connectivity index (χ4n) is 1.82. The molecule has 0 aromatic rings. The first-order valence-electron chi connectivity index (χ1n) is 5.84. The van der Waals surface area contributed by atoms with Gasteiger partial charge >= 0.3 is 0 Å². The van der Waals surface area contributed by atoms with E-state index in [0.717, 1.165) is 5.92 Å². The van der Waals surface area contributed by atoms with Crippen molar-refractivity contribution in [2.45, 2.75) is 32.7 Å². The summed E-state index contributed by atoms with van der Waals surface area (Å²) in [4.78, 5) is 0. The van der Waals surface area contributed by atoms with Crippen LogP contribution in [0.25, 0.3) is 0 Å². The monoisotopic (exact) mass is 216 g/mol. The molecule has 0 saturated carbocycles. The Labute approximate surface area is 92.6 Å². The van der Waals surface area contributed by atoms with Gasteiger partial charge in [-0.05, 0) is 51.1 Å². The van der Waals surface area contributed by atoms with Crippen LogP contribution in [0.4, 0.5) is 0 Å². The van der Waals surface area contributed by atoms with Gasteiger partial charge in [-0.1, -0.05) is 6.92 Å². The molecule has 0 spiro atoms. The zero-order valence-corrected chi connectivity index (χ0v) is 10.3. The molecule has 1 heterocycles. The molecule has 0 amide bonds. The zero-order valence-electron chi connectivity index (χ0n) is 9.51. The number of rotatable bonds is 6. The van der Waals surface area contributed by atoms with Gasteiger partial charge in [0.1, 0.15) is 0 Å². The lowest BCUT2D eigenvalue weighted by molar-refractivity contribution is 0.351. The Kier molecular flexibility index (Phi) is 6.65. The maximum atomic E-state index is 3.63. The van der Waals surface area contributed by atoms with Gasteiger partial charge in [0.25, 0.3) is 0 Å². The summed E-state index contributed by atoms with van der Waals surface area (Å²) < 4.78 is 0. The van der Waals surface area contributed by atoms with Gasteiger partial charge in [0.2, 0.25) is 0 Å². The van der Waals surface area contributed by atoms with E-state index >= 15 is 0 Å². The predicted octanol–water partition coefficient (Wildman–Crippen LogP) is 1.72. The van der Waals surface area contributed by atoms with Crippen molar-refractivity contribution in [1.29, 1.82) is 0 Å². The van der Waals surface area contributed by atoms with E-state index in [2.05, 4.69) is 24.5 Å². The van der Waals surface area contributed by atoms with Crippen LogP contribution in [0.1, 0.15) is 26.7 Å². The Morgan fingerprint density at radius 1 is 1.57 bits per heavy atom. The molecule has 2 nitrogen and oxygen atoms in total. The summed E-state index contributed by atoms with van der Waals surface area (Å²) in [7, 11) is 0. The van der Waals surface area contributed by atoms with E-state index in [9.17, 15) is 0 Å². The van der Waals surface area contributed by atoms with Gasteiger partial charge in [0.15, 0.2) is 0 Å². The van der Waals surface area contributed by atoms with E-state index in [0.29, 0.717) is 6.04 Å². The first kappa shape index (κ1) is 12.3. The maximum absolute atomic E-state index is 3.63. The fourth-order valence-corrected chi connectivity index (χ4v) is 2.53. The molecule has 14 heavy (non-hydrogen) atoms. The minimum absolute atomic E-state index is 0.668. The quantitative estimate of drug-likeness (QED) is 0.707. The van der Waals surface area contributed by atoms with Gasteiger partial charge in [-0.3, -0.25) is 0 Å². The summed E-state index contributed by atoms with van der Waals surface area (Å²) in [6, 6.07) is 0.668. The van der Waals surface area contributed by atoms with Crippen molar-refractivity contribution in [2.24, 2.45) is 5.92 Å². The highest BCUT2D eigenvalue weighted by Crippen LogP contribution is 2.09. The fraction of sp³-hybridized carbons (Fsp3) is 1.00. The second-order valence-corrected chi connectivity index (χ2v) is 5.50. The van der Waals surface area contributed by atoms with Gasteiger partial charge in [0.05, 0.1) is 0 Å². The second-order valence-electron chi connectivity index (χ2n) is 4.18. The lowest BCUT2D eigenvalue weighted by Gasteiger charge is -2.24. The molecule has 84 valence electrons. The summed E-state index contributed by atoms with van der Waals surface area (Å²) in [5.74, 6) is 3.34. The molecular weight excluding hydrogens is 192 g/mol. The van der Waals surface area contributed by atoms with Crippen LogP contribution in [0.15, 0.2) is 0 Å². The van der Waals surface area contributed by atoms with Crippen molar-refractivity contribution >= 4 is 11.8 Å². The van der Waals surface area contributed by atoms with Crippen LogP contribution < -0.4 is 10.6 Å². The molecular formula is C11H24N2S. The number of hydrogen-bond donors (Lipinski definition) is 2. The van der Waals surface area contributed by atoms with E-state index < -0.39 is 0 Å². The van der Waals surface area contributed by atoms with Gasteiger partial charge < -0.3 is 10.6 Å². The molecule has 0 bridgehead atoms. The van der Waals surface area contributed by atoms with Crippen molar-refractivity contribution in [3.8, 4) is 0 Å². The highest BCUT2D eigenvalue weighted by atomic mass is 32.2. The standard InChI is InChI=1S/C11H24N2S/c1-3-14-9-10(2)13-8-11-5-4-6-12-7-11/h10-13H,3-9H2,1-2H3. The Morgan fingerprint density at radius 2 is 2.43 bits per heavy atom. The van der Waals surface area contributed by atoms with Crippen molar-refractivity contribution in [2.75, 3.05) is 31.1 Å². The topological polar surface area (TPSA) is 24.1 Å². The molecule has 1 rings (SSSR count). The highest BCUT2D eigenvalue weighted by molar-refractivity contribution is 7.99. The highest BCUT2D eigenvalue weighted by Gasteiger charge is 2.13. The van der Waals surface area contributed by atoms with Crippen molar-refractivity contribution in [1.82, 2.24) is 10.6 Å². The number of hydrogen-bond acceptors (Lipinski definition) is 3. The van der Waals surface area contributed by atoms with Gasteiger partial charge in [-0.15, -0.1) is 0 Å². The number of nitrogens with one attached hydrogen (secondary N) is 2. The summed E-state index contributed by atoms with van der Waals surface area (Å²) in [5, 5.41) is 7.08. The minimum Gasteiger partial charge on any atom is -0.316 e. The van der Waals surface area contributed by atoms with Crippen LogP contribution in [-0.2, 0) is 0 Å². The molecule has 2 N–H and O–H groups in total. The largest absolute Gasteiger partial charge is 0.316 e. The van der Waals surface area contributed by atoms with E-state index in [4.69, 9.17) is 0 Å². The molecule has 0 aromatic carbocycles. The third-order valence-corrected chi connectivity index (χ3v) is 3.87. The number of piperidine rings is 1. The van der Waals surface area contributed by atoms with E-state index in [-0.39, 0.29) is 0 Å². The normalized spacial score (nSPS) is 24.9. The van der Waals surface area contributed by atoms with Crippen LogP contribution in [-0.4, -0.2) is 37.2 Å². The van der Waals surface area contributed by atoms with Crippen LogP contribution in [0.5, 0.6) is 0 Å². The van der Waals surface area contributed by atoms with Crippen molar-refractivity contribution in [3.63, 3.8) is 0 Å². The molecule has 1 fully saturated rings. The Hall–Kier alpha value is 0.270. The lowest BCUT2D eigenvalue weighted by atomic mass is 9.99. The molecule has 1 aliphatic heterocycles. The first-order chi connectivity index (χ1) is 6.83. The Morgan fingerprint density at radius 3 is 3.07 bits per heavy atom. The van der Waals surface area contributed by atoms with Crippen molar-refractivity contribution in [3.05, 3.63) is 0 Å². The summed E-state index contributed by atoms with van der Waals surface area (Å²) in [6.07, 6.45) is 2.75. The third-order valence-electron chi connectivity index (χ3n) is 2.73. The summed E-state index contributed by atoms with van der Waals surface area (Å²) in [5.41, 5.74) is 0. The van der Waals surface area contributed by atoms with Crippen LogP contribution in [0, 0.1) is 5.92 Å². The lowest BCUT2D eigenvalue weighted by Crippen LogP contribution is -2.39. The van der Waals surface area contributed by atoms with Gasteiger partial charge in [-0.2, -0.15) is 11.8 Å². The van der Waals surface area contributed by atoms with Crippen LogP contribution >= 0.6 is 11.8 Å². The maximum Gasteiger partial charge on any atom is 0.0130 e. The second kappa shape index (κ2) is 7.55. The molecule has 0 aliphatic carbocycles. The molecule has 1 saturated heterocycles. The van der Waals surface area contributed by atoms with E-state index in [1.54, 1.807) is 0 Å². The zero-order chi connectivity index (χ0) is 10.2. The van der Waals surface area contributed by atoms with E-state index in [1.807, 2.05) is 11.8 Å². The van der Waals surface area contributed by atoms with Crippen LogP contribution in [0.2, 0.25) is 0 Å². The SMILES string of the molecule is CCSCC(C)NCC1CCCNC1. The molecule has 2 atom stereocenters. The van der Waals surface area contributed by atoms with Gasteiger partial charge in [-0.25, -0.2) is 0 Å². The third kappa shape index (κ3) is 5.23. The van der Waals surface area contributed by atoms with Gasteiger partial charge in [0, 0.05) is 11.8 Å². The van der Waals surface area contributed by atoms with E-state index in [1.165, 1.54) is 44.0 Å². The molecule has 3 heteroatoms.